The van der Waals surface area contributed by atoms with E-state index in [-0.39, 0.29) is 0 Å². The van der Waals surface area contributed by atoms with Crippen molar-refractivity contribution in [1.82, 2.24) is 4.90 Å². The maximum atomic E-state index is 10.8. The summed E-state index contributed by atoms with van der Waals surface area (Å²) in [6, 6.07) is 6.35. The number of aryl methyl sites for hydroxylation is 2. The number of hydrogen-bond acceptors (Lipinski definition) is 1. The maximum Gasteiger partial charge on any atom is 0.316 e. The Labute approximate surface area is 95.8 Å². The molecule has 1 amide bonds. The van der Waals surface area contributed by atoms with Gasteiger partial charge in [-0.25, -0.2) is 0 Å². The maximum absolute atomic E-state index is 10.8. The molecule has 0 aliphatic rings. The van der Waals surface area contributed by atoms with Crippen molar-refractivity contribution >= 4 is 17.0 Å². The Morgan fingerprint density at radius 1 is 1.40 bits per heavy atom. The fourth-order valence-corrected chi connectivity index (χ4v) is 1.53. The van der Waals surface area contributed by atoms with Crippen LogP contribution in [0.4, 0.5) is 4.79 Å². The molecule has 0 bridgehead atoms. The highest BCUT2D eigenvalue weighted by Gasteiger charge is 2.05. The van der Waals surface area contributed by atoms with Gasteiger partial charge in [0.2, 0.25) is 0 Å². The van der Waals surface area contributed by atoms with E-state index in [0.29, 0.717) is 6.54 Å². The molecule has 0 saturated carbocycles. The van der Waals surface area contributed by atoms with Crippen molar-refractivity contribution in [3.8, 4) is 0 Å². The smallest absolute Gasteiger partial charge is 0.316 e. The van der Waals surface area contributed by atoms with E-state index >= 15 is 0 Å². The molecular formula is C12H16ClNO. The largest absolute Gasteiger partial charge is 0.332 e. The number of halogens is 1. The third kappa shape index (κ3) is 3.56. The third-order valence-corrected chi connectivity index (χ3v) is 2.81. The van der Waals surface area contributed by atoms with E-state index in [9.17, 15) is 4.79 Å². The quantitative estimate of drug-likeness (QED) is 0.572. The molecule has 0 fully saturated rings. The zero-order valence-electron chi connectivity index (χ0n) is 9.38. The van der Waals surface area contributed by atoms with Crippen molar-refractivity contribution in [2.45, 2.75) is 20.3 Å². The van der Waals surface area contributed by atoms with Crippen LogP contribution < -0.4 is 0 Å². The van der Waals surface area contributed by atoms with Crippen LogP contribution in [0.5, 0.6) is 0 Å². The fraction of sp³-hybridized carbons (Fsp3) is 0.417. The lowest BCUT2D eigenvalue weighted by atomic mass is 10.0. The summed E-state index contributed by atoms with van der Waals surface area (Å²) in [7, 11) is 1.71. The Kier molecular flexibility index (Phi) is 4.15. The van der Waals surface area contributed by atoms with E-state index in [1.165, 1.54) is 21.6 Å². The molecule has 82 valence electrons. The van der Waals surface area contributed by atoms with E-state index in [1.54, 1.807) is 7.05 Å². The summed E-state index contributed by atoms with van der Waals surface area (Å²) < 4.78 is 0. The predicted octanol–water partition coefficient (Wildman–Crippen LogP) is 3.14. The first kappa shape index (κ1) is 12.1. The average Bonchev–Trinajstić information content (AvgIpc) is 2.18. The lowest BCUT2D eigenvalue weighted by Crippen LogP contribution is -2.23. The van der Waals surface area contributed by atoms with Gasteiger partial charge in [-0.1, -0.05) is 23.8 Å². The highest BCUT2D eigenvalue weighted by molar-refractivity contribution is 6.62. The number of hydrogen-bond donors (Lipinski definition) is 0. The van der Waals surface area contributed by atoms with Gasteiger partial charge in [-0.2, -0.15) is 0 Å². The first-order chi connectivity index (χ1) is 7.00. The Morgan fingerprint density at radius 2 is 2.07 bits per heavy atom. The second-order valence-electron chi connectivity index (χ2n) is 3.85. The lowest BCUT2D eigenvalue weighted by molar-refractivity contribution is 0.232. The topological polar surface area (TPSA) is 20.3 Å². The number of carbonyl (C=O) groups is 1. The molecule has 0 radical (unpaired) electrons. The summed E-state index contributed by atoms with van der Waals surface area (Å²) in [5.41, 5.74) is 3.78. The van der Waals surface area contributed by atoms with E-state index < -0.39 is 5.37 Å². The molecule has 3 heteroatoms. The van der Waals surface area contributed by atoms with Gasteiger partial charge in [0.1, 0.15) is 0 Å². The van der Waals surface area contributed by atoms with Crippen LogP contribution in [-0.4, -0.2) is 23.9 Å². The molecule has 1 aromatic rings. The van der Waals surface area contributed by atoms with Crippen LogP contribution in [0, 0.1) is 13.8 Å². The molecule has 0 heterocycles. The van der Waals surface area contributed by atoms with Gasteiger partial charge in [0, 0.05) is 13.6 Å². The standard InChI is InChI=1S/C12H16ClNO/c1-9-4-5-10(2)11(8-9)6-7-14(3)12(13)15/h4-5,8H,6-7H2,1-3H3. The van der Waals surface area contributed by atoms with Gasteiger partial charge in [0.25, 0.3) is 0 Å². The number of rotatable bonds is 3. The minimum Gasteiger partial charge on any atom is -0.332 e. The lowest BCUT2D eigenvalue weighted by Gasteiger charge is -2.14. The molecule has 1 aromatic carbocycles. The van der Waals surface area contributed by atoms with Gasteiger partial charge in [0.15, 0.2) is 0 Å². The van der Waals surface area contributed by atoms with Crippen molar-refractivity contribution < 1.29 is 4.79 Å². The molecule has 0 aromatic heterocycles. The van der Waals surface area contributed by atoms with E-state index in [4.69, 9.17) is 11.6 Å². The van der Waals surface area contributed by atoms with Gasteiger partial charge in [-0.15, -0.1) is 0 Å². The van der Waals surface area contributed by atoms with Gasteiger partial charge in [-0.3, -0.25) is 4.79 Å². The van der Waals surface area contributed by atoms with Crippen LogP contribution in [0.2, 0.25) is 0 Å². The molecule has 1 rings (SSSR count). The fourth-order valence-electron chi connectivity index (χ4n) is 1.45. The number of benzene rings is 1. The summed E-state index contributed by atoms with van der Waals surface area (Å²) in [6.07, 6.45) is 0.850. The summed E-state index contributed by atoms with van der Waals surface area (Å²) in [5.74, 6) is 0. The number of likely N-dealkylation sites (N-methyl/N-ethyl adjacent to an activating group) is 1. The highest BCUT2D eigenvalue weighted by atomic mass is 35.5. The van der Waals surface area contributed by atoms with E-state index in [0.717, 1.165) is 6.42 Å². The molecule has 0 aliphatic heterocycles. The average molecular weight is 226 g/mol. The zero-order valence-corrected chi connectivity index (χ0v) is 10.1. The molecule has 0 N–H and O–H groups in total. The monoisotopic (exact) mass is 225 g/mol. The van der Waals surface area contributed by atoms with Crippen LogP contribution in [0.15, 0.2) is 18.2 Å². The van der Waals surface area contributed by atoms with Crippen molar-refractivity contribution in [2.75, 3.05) is 13.6 Å². The third-order valence-electron chi connectivity index (χ3n) is 2.52. The second-order valence-corrected chi connectivity index (χ2v) is 4.18. The van der Waals surface area contributed by atoms with Crippen LogP contribution in [-0.2, 0) is 6.42 Å². The van der Waals surface area contributed by atoms with Gasteiger partial charge < -0.3 is 4.90 Å². The number of carbonyl (C=O) groups excluding carboxylic acids is 1. The Bertz CT molecular complexity index is 363. The minimum atomic E-state index is -0.402. The summed E-state index contributed by atoms with van der Waals surface area (Å²) >= 11 is 5.35. The molecule has 0 spiro atoms. The molecule has 0 unspecified atom stereocenters. The minimum absolute atomic E-state index is 0.402. The summed E-state index contributed by atoms with van der Waals surface area (Å²) in [6.45, 7) is 4.81. The highest BCUT2D eigenvalue weighted by Crippen LogP contribution is 2.11. The Balaban J connectivity index is 2.65. The molecule has 0 saturated heterocycles. The number of amides is 1. The Morgan fingerprint density at radius 3 is 2.67 bits per heavy atom. The number of nitrogens with zero attached hydrogens (tertiary/aromatic N) is 1. The summed E-state index contributed by atoms with van der Waals surface area (Å²) in [4.78, 5) is 12.3. The first-order valence-electron chi connectivity index (χ1n) is 4.97. The van der Waals surface area contributed by atoms with Gasteiger partial charge >= 0.3 is 5.37 Å². The van der Waals surface area contributed by atoms with Crippen molar-refractivity contribution in [3.05, 3.63) is 34.9 Å². The SMILES string of the molecule is Cc1ccc(C)c(CCN(C)C(=O)Cl)c1. The molecule has 15 heavy (non-hydrogen) atoms. The normalized spacial score (nSPS) is 10.1. The molecule has 2 nitrogen and oxygen atoms in total. The van der Waals surface area contributed by atoms with Crippen LogP contribution in [0.3, 0.4) is 0 Å². The van der Waals surface area contributed by atoms with Crippen molar-refractivity contribution in [3.63, 3.8) is 0 Å². The molecule has 0 aliphatic carbocycles. The Hall–Kier alpha value is -1.02. The van der Waals surface area contributed by atoms with Gasteiger partial charge in [-0.05, 0) is 43.0 Å². The first-order valence-corrected chi connectivity index (χ1v) is 5.35. The van der Waals surface area contributed by atoms with E-state index in [2.05, 4.69) is 32.0 Å². The zero-order chi connectivity index (χ0) is 11.4. The second kappa shape index (κ2) is 5.17. The van der Waals surface area contributed by atoms with E-state index in [1.807, 2.05) is 0 Å². The van der Waals surface area contributed by atoms with Crippen LogP contribution in [0.25, 0.3) is 0 Å². The molecular weight excluding hydrogens is 210 g/mol. The predicted molar refractivity (Wildman–Crippen MR) is 63.5 cm³/mol. The molecule has 0 atom stereocenters. The van der Waals surface area contributed by atoms with Crippen LogP contribution >= 0.6 is 11.6 Å². The van der Waals surface area contributed by atoms with Crippen molar-refractivity contribution in [1.29, 1.82) is 0 Å². The van der Waals surface area contributed by atoms with Gasteiger partial charge in [0.05, 0.1) is 0 Å². The van der Waals surface area contributed by atoms with Crippen molar-refractivity contribution in [2.24, 2.45) is 0 Å². The van der Waals surface area contributed by atoms with Crippen LogP contribution in [0.1, 0.15) is 16.7 Å². The summed E-state index contributed by atoms with van der Waals surface area (Å²) in [5, 5.41) is -0.402.